The average Bonchev–Trinajstić information content (AvgIpc) is 2.45. The first-order valence-electron chi connectivity index (χ1n) is 6.81. The largest absolute Gasteiger partial charge is 0.356 e. The van der Waals surface area contributed by atoms with Crippen molar-refractivity contribution in [3.8, 4) is 0 Å². The van der Waals surface area contributed by atoms with Crippen LogP contribution in [0.4, 0.5) is 0 Å². The van der Waals surface area contributed by atoms with E-state index < -0.39 is 0 Å². The van der Waals surface area contributed by atoms with Gasteiger partial charge in [0.25, 0.3) is 0 Å². The van der Waals surface area contributed by atoms with E-state index in [-0.39, 0.29) is 29.9 Å². The number of benzene rings is 1. The molecule has 1 amide bonds. The van der Waals surface area contributed by atoms with E-state index in [4.69, 9.17) is 0 Å². The quantitative estimate of drug-likeness (QED) is 0.398. The van der Waals surface area contributed by atoms with Gasteiger partial charge in [0.15, 0.2) is 5.96 Å². The van der Waals surface area contributed by atoms with Crippen LogP contribution in [0.25, 0.3) is 0 Å². The molecule has 5 nitrogen and oxygen atoms in total. The van der Waals surface area contributed by atoms with Crippen LogP contribution >= 0.6 is 39.9 Å². The Morgan fingerprint density at radius 1 is 1.27 bits per heavy atom. The molecule has 0 aromatic heterocycles. The highest BCUT2D eigenvalue weighted by atomic mass is 127. The fourth-order valence-corrected chi connectivity index (χ4v) is 2.26. The molecule has 1 N–H and O–H groups in total. The van der Waals surface area contributed by atoms with Crippen LogP contribution in [0.15, 0.2) is 33.7 Å². The molecule has 0 spiro atoms. The summed E-state index contributed by atoms with van der Waals surface area (Å²) < 4.78 is 1.08. The minimum atomic E-state index is 0. The third-order valence-electron chi connectivity index (χ3n) is 3.06. The van der Waals surface area contributed by atoms with Gasteiger partial charge < -0.3 is 15.1 Å². The molecule has 0 unspecified atom stereocenters. The third-order valence-corrected chi connectivity index (χ3v) is 3.83. The molecule has 0 saturated carbocycles. The standard InChI is InChI=1S/C15H23BrN4O.HI/c1-17-15(18-10-9-14(21)19(2)3)20(4)11-12-7-5-6-8-13(12)16;/h5-8H,9-11H2,1-4H3,(H,17,18);1H. The molecule has 0 saturated heterocycles. The number of amides is 1. The molecule has 1 aromatic carbocycles. The van der Waals surface area contributed by atoms with E-state index in [1.807, 2.05) is 30.1 Å². The minimum absolute atomic E-state index is 0. The Balaban J connectivity index is 0.00000441. The van der Waals surface area contributed by atoms with Crippen molar-refractivity contribution in [2.45, 2.75) is 13.0 Å². The third kappa shape index (κ3) is 6.95. The Hall–Kier alpha value is -0.830. The molecule has 0 atom stereocenters. The van der Waals surface area contributed by atoms with E-state index in [0.717, 1.165) is 17.0 Å². The number of nitrogens with zero attached hydrogens (tertiary/aromatic N) is 3. The molecular formula is C15H24BrIN4O. The fourth-order valence-electron chi connectivity index (χ4n) is 1.85. The lowest BCUT2D eigenvalue weighted by Crippen LogP contribution is -2.40. The summed E-state index contributed by atoms with van der Waals surface area (Å²) in [5.41, 5.74) is 1.19. The van der Waals surface area contributed by atoms with Gasteiger partial charge in [-0.15, -0.1) is 24.0 Å². The molecule has 124 valence electrons. The second-order valence-electron chi connectivity index (χ2n) is 4.96. The molecule has 7 heteroatoms. The van der Waals surface area contributed by atoms with Crippen LogP contribution in [0.2, 0.25) is 0 Å². The van der Waals surface area contributed by atoms with Crippen molar-refractivity contribution < 1.29 is 4.79 Å². The summed E-state index contributed by atoms with van der Waals surface area (Å²) in [5, 5.41) is 3.21. The zero-order chi connectivity index (χ0) is 15.8. The molecule has 1 aromatic rings. The summed E-state index contributed by atoms with van der Waals surface area (Å²) in [6, 6.07) is 8.10. The summed E-state index contributed by atoms with van der Waals surface area (Å²) in [6.07, 6.45) is 0.453. The lowest BCUT2D eigenvalue weighted by Gasteiger charge is -2.23. The van der Waals surface area contributed by atoms with Gasteiger partial charge in [-0.2, -0.15) is 0 Å². The van der Waals surface area contributed by atoms with E-state index >= 15 is 0 Å². The zero-order valence-corrected chi connectivity index (χ0v) is 17.4. The highest BCUT2D eigenvalue weighted by Gasteiger charge is 2.09. The van der Waals surface area contributed by atoms with Gasteiger partial charge in [0.05, 0.1) is 0 Å². The Labute approximate surface area is 158 Å². The average molecular weight is 483 g/mol. The first-order chi connectivity index (χ1) is 9.95. The zero-order valence-electron chi connectivity index (χ0n) is 13.5. The van der Waals surface area contributed by atoms with Crippen molar-refractivity contribution in [3.05, 3.63) is 34.3 Å². The maximum atomic E-state index is 11.5. The second-order valence-corrected chi connectivity index (χ2v) is 5.81. The van der Waals surface area contributed by atoms with Crippen LogP contribution < -0.4 is 5.32 Å². The number of hydrogen-bond acceptors (Lipinski definition) is 2. The molecule has 1 rings (SSSR count). The number of carbonyl (C=O) groups excluding carboxylic acids is 1. The van der Waals surface area contributed by atoms with Gasteiger partial charge in [-0.05, 0) is 11.6 Å². The molecule has 0 aliphatic carbocycles. The highest BCUT2D eigenvalue weighted by Crippen LogP contribution is 2.17. The van der Waals surface area contributed by atoms with Crippen molar-refractivity contribution >= 4 is 51.8 Å². The smallest absolute Gasteiger partial charge is 0.223 e. The number of nitrogens with one attached hydrogen (secondary N) is 1. The van der Waals surface area contributed by atoms with Gasteiger partial charge in [-0.25, -0.2) is 0 Å². The summed E-state index contributed by atoms with van der Waals surface area (Å²) in [5.74, 6) is 0.878. The Bertz CT molecular complexity index is 508. The van der Waals surface area contributed by atoms with Gasteiger partial charge in [0, 0.05) is 52.2 Å². The monoisotopic (exact) mass is 482 g/mol. The molecule has 22 heavy (non-hydrogen) atoms. The van der Waals surface area contributed by atoms with Crippen LogP contribution in [-0.4, -0.2) is 56.4 Å². The van der Waals surface area contributed by atoms with Crippen LogP contribution in [0.3, 0.4) is 0 Å². The predicted octanol–water partition coefficient (Wildman–Crippen LogP) is 2.55. The molecule has 0 fully saturated rings. The summed E-state index contributed by atoms with van der Waals surface area (Å²) in [4.78, 5) is 19.4. The predicted molar refractivity (Wildman–Crippen MR) is 106 cm³/mol. The maximum Gasteiger partial charge on any atom is 0.223 e. The van der Waals surface area contributed by atoms with Gasteiger partial charge in [-0.3, -0.25) is 9.79 Å². The molecule has 0 bridgehead atoms. The topological polar surface area (TPSA) is 47.9 Å². The van der Waals surface area contributed by atoms with Crippen molar-refractivity contribution in [3.63, 3.8) is 0 Å². The van der Waals surface area contributed by atoms with Crippen LogP contribution in [0, 0.1) is 0 Å². The van der Waals surface area contributed by atoms with E-state index in [9.17, 15) is 4.79 Å². The van der Waals surface area contributed by atoms with Crippen molar-refractivity contribution in [2.24, 2.45) is 4.99 Å². The first kappa shape index (κ1) is 21.2. The lowest BCUT2D eigenvalue weighted by atomic mass is 10.2. The number of halogens is 2. The van der Waals surface area contributed by atoms with Gasteiger partial charge in [0.2, 0.25) is 5.91 Å². The minimum Gasteiger partial charge on any atom is -0.356 e. The maximum absolute atomic E-state index is 11.5. The SMILES string of the molecule is CN=C(NCCC(=O)N(C)C)N(C)Cc1ccccc1Br.I. The van der Waals surface area contributed by atoms with E-state index in [1.165, 1.54) is 5.56 Å². The Morgan fingerprint density at radius 3 is 2.45 bits per heavy atom. The normalized spacial score (nSPS) is 10.7. The van der Waals surface area contributed by atoms with Gasteiger partial charge in [0.1, 0.15) is 0 Å². The molecule has 0 radical (unpaired) electrons. The lowest BCUT2D eigenvalue weighted by molar-refractivity contribution is -0.128. The van der Waals surface area contributed by atoms with Gasteiger partial charge >= 0.3 is 0 Å². The molecule has 0 heterocycles. The Kier molecular flexibility index (Phi) is 10.4. The molecule has 0 aliphatic heterocycles. The summed E-state index contributed by atoms with van der Waals surface area (Å²) >= 11 is 3.55. The number of hydrogen-bond donors (Lipinski definition) is 1. The first-order valence-corrected chi connectivity index (χ1v) is 7.60. The van der Waals surface area contributed by atoms with E-state index in [0.29, 0.717) is 13.0 Å². The number of aliphatic imine (C=N–C) groups is 1. The summed E-state index contributed by atoms with van der Waals surface area (Å²) in [7, 11) is 7.24. The van der Waals surface area contributed by atoms with Crippen LogP contribution in [0.5, 0.6) is 0 Å². The number of carbonyl (C=O) groups is 1. The second kappa shape index (κ2) is 10.8. The Morgan fingerprint density at radius 2 is 1.91 bits per heavy atom. The molecule has 0 aliphatic rings. The van der Waals surface area contributed by atoms with Crippen molar-refractivity contribution in [1.29, 1.82) is 0 Å². The van der Waals surface area contributed by atoms with Crippen molar-refractivity contribution in [2.75, 3.05) is 34.7 Å². The van der Waals surface area contributed by atoms with Crippen molar-refractivity contribution in [1.82, 2.24) is 15.1 Å². The van der Waals surface area contributed by atoms with E-state index in [2.05, 4.69) is 32.3 Å². The number of guanidine groups is 1. The summed E-state index contributed by atoms with van der Waals surface area (Å²) in [6.45, 7) is 1.31. The van der Waals surface area contributed by atoms with Crippen LogP contribution in [0.1, 0.15) is 12.0 Å². The molecular weight excluding hydrogens is 459 g/mol. The van der Waals surface area contributed by atoms with Crippen LogP contribution in [-0.2, 0) is 11.3 Å². The van der Waals surface area contributed by atoms with Gasteiger partial charge in [-0.1, -0.05) is 34.1 Å². The highest BCUT2D eigenvalue weighted by molar-refractivity contribution is 14.0. The number of rotatable bonds is 5. The fraction of sp³-hybridized carbons (Fsp3) is 0.467. The van der Waals surface area contributed by atoms with E-state index in [1.54, 1.807) is 26.0 Å².